The van der Waals surface area contributed by atoms with Crippen LogP contribution in [0, 0.1) is 0 Å². The zero-order valence-electron chi connectivity index (χ0n) is 6.94. The second-order valence-electron chi connectivity index (χ2n) is 2.66. The van der Waals surface area contributed by atoms with Crippen molar-refractivity contribution < 1.29 is 0 Å². The standard InChI is InChI=1S/C6H4Cl2N4O2/c1-10-5(13)3-4(9-2-11(3)7)12(8)6(10)14/h2H,1H3. The zero-order valence-corrected chi connectivity index (χ0v) is 8.45. The van der Waals surface area contributed by atoms with Gasteiger partial charge in [-0.3, -0.25) is 9.36 Å². The molecular weight excluding hydrogens is 231 g/mol. The molecular formula is C6H4Cl2N4O2. The molecule has 2 aromatic heterocycles. The predicted octanol–water partition coefficient (Wildman–Crippen LogP) is -0.0995. The summed E-state index contributed by atoms with van der Waals surface area (Å²) in [4.78, 5) is 26.6. The molecule has 2 heterocycles. The van der Waals surface area contributed by atoms with Gasteiger partial charge in [-0.1, -0.05) is 0 Å². The summed E-state index contributed by atoms with van der Waals surface area (Å²) in [6, 6.07) is 0. The van der Waals surface area contributed by atoms with Crippen molar-refractivity contribution in [3.63, 3.8) is 0 Å². The Morgan fingerprint density at radius 1 is 1.36 bits per heavy atom. The van der Waals surface area contributed by atoms with E-state index in [2.05, 4.69) is 4.98 Å². The Balaban J connectivity index is 3.22. The number of imidazole rings is 1. The van der Waals surface area contributed by atoms with Crippen molar-refractivity contribution in [3.05, 3.63) is 27.2 Å². The topological polar surface area (TPSA) is 61.8 Å². The van der Waals surface area contributed by atoms with Crippen molar-refractivity contribution in [1.29, 1.82) is 0 Å². The Hall–Kier alpha value is -1.27. The van der Waals surface area contributed by atoms with Crippen LogP contribution in [0.1, 0.15) is 0 Å². The molecule has 0 aromatic carbocycles. The van der Waals surface area contributed by atoms with E-state index < -0.39 is 11.2 Å². The maximum atomic E-state index is 11.5. The van der Waals surface area contributed by atoms with Gasteiger partial charge in [0.15, 0.2) is 11.2 Å². The first-order chi connectivity index (χ1) is 6.54. The van der Waals surface area contributed by atoms with Gasteiger partial charge in [0, 0.05) is 30.6 Å². The first-order valence-corrected chi connectivity index (χ1v) is 4.23. The molecule has 0 amide bonds. The van der Waals surface area contributed by atoms with Crippen molar-refractivity contribution in [2.45, 2.75) is 0 Å². The molecule has 74 valence electrons. The van der Waals surface area contributed by atoms with Gasteiger partial charge in [0.05, 0.1) is 0 Å². The quantitative estimate of drug-likeness (QED) is 0.640. The highest BCUT2D eigenvalue weighted by atomic mass is 35.5. The minimum absolute atomic E-state index is 0.0507. The van der Waals surface area contributed by atoms with Gasteiger partial charge in [-0.15, -0.1) is 0 Å². The van der Waals surface area contributed by atoms with Crippen molar-refractivity contribution in [2.75, 3.05) is 0 Å². The molecule has 0 unspecified atom stereocenters. The number of nitrogens with zero attached hydrogens (tertiary/aromatic N) is 4. The molecule has 0 saturated heterocycles. The Kier molecular flexibility index (Phi) is 1.90. The van der Waals surface area contributed by atoms with Crippen LogP contribution in [0.15, 0.2) is 15.9 Å². The highest BCUT2D eigenvalue weighted by molar-refractivity contribution is 6.20. The second kappa shape index (κ2) is 2.86. The number of hydrogen-bond donors (Lipinski definition) is 0. The van der Waals surface area contributed by atoms with Gasteiger partial charge in [-0.05, 0) is 0 Å². The SMILES string of the molecule is Cn1c(=O)c2c(ncn2Cl)n(Cl)c1=O. The molecule has 0 N–H and O–H groups in total. The summed E-state index contributed by atoms with van der Waals surface area (Å²) >= 11 is 11.3. The monoisotopic (exact) mass is 234 g/mol. The van der Waals surface area contributed by atoms with E-state index in [0.29, 0.717) is 0 Å². The number of aromatic nitrogens is 4. The van der Waals surface area contributed by atoms with E-state index in [1.165, 1.54) is 13.4 Å². The van der Waals surface area contributed by atoms with E-state index in [1.807, 2.05) is 0 Å². The van der Waals surface area contributed by atoms with Gasteiger partial charge in [0.2, 0.25) is 0 Å². The fraction of sp³-hybridized carbons (Fsp3) is 0.167. The van der Waals surface area contributed by atoms with Crippen LogP contribution in [-0.4, -0.2) is 17.7 Å². The van der Waals surface area contributed by atoms with Crippen LogP contribution >= 0.6 is 23.6 Å². The molecule has 0 saturated carbocycles. The van der Waals surface area contributed by atoms with Crippen LogP contribution in [-0.2, 0) is 7.05 Å². The van der Waals surface area contributed by atoms with Crippen LogP contribution in [0.2, 0.25) is 0 Å². The van der Waals surface area contributed by atoms with E-state index >= 15 is 0 Å². The molecule has 0 fully saturated rings. The van der Waals surface area contributed by atoms with Crippen LogP contribution in [0.25, 0.3) is 11.2 Å². The first kappa shape index (κ1) is 9.29. The molecule has 2 aromatic rings. The van der Waals surface area contributed by atoms with E-state index in [-0.39, 0.29) is 11.2 Å². The Bertz CT molecular complexity index is 623. The largest absolute Gasteiger partial charge is 0.347 e. The average Bonchev–Trinajstić information content (AvgIpc) is 2.54. The molecule has 0 aliphatic heterocycles. The molecule has 0 bridgehead atoms. The Labute approximate surface area is 87.1 Å². The lowest BCUT2D eigenvalue weighted by Gasteiger charge is -1.99. The minimum atomic E-state index is -0.653. The van der Waals surface area contributed by atoms with Crippen molar-refractivity contribution in [3.8, 4) is 0 Å². The van der Waals surface area contributed by atoms with E-state index in [9.17, 15) is 9.59 Å². The maximum absolute atomic E-state index is 11.5. The maximum Gasteiger partial charge on any atom is 0.347 e. The molecule has 8 heteroatoms. The molecule has 0 aliphatic carbocycles. The van der Waals surface area contributed by atoms with E-state index in [1.54, 1.807) is 0 Å². The van der Waals surface area contributed by atoms with Crippen LogP contribution in [0.5, 0.6) is 0 Å². The summed E-state index contributed by atoms with van der Waals surface area (Å²) in [6.45, 7) is 0. The lowest BCUT2D eigenvalue weighted by atomic mass is 10.5. The van der Waals surface area contributed by atoms with Crippen molar-refractivity contribution in [1.82, 2.24) is 17.7 Å². The van der Waals surface area contributed by atoms with Gasteiger partial charge in [0.1, 0.15) is 6.33 Å². The number of hydrogen-bond acceptors (Lipinski definition) is 3. The summed E-state index contributed by atoms with van der Waals surface area (Å²) < 4.78 is 2.60. The van der Waals surface area contributed by atoms with Gasteiger partial charge >= 0.3 is 5.69 Å². The highest BCUT2D eigenvalue weighted by Gasteiger charge is 2.14. The fourth-order valence-electron chi connectivity index (χ4n) is 1.12. The summed E-state index contributed by atoms with van der Waals surface area (Å²) in [6.07, 6.45) is 1.20. The highest BCUT2D eigenvalue weighted by Crippen LogP contribution is 2.07. The third-order valence-electron chi connectivity index (χ3n) is 1.85. The smallest absolute Gasteiger partial charge is 0.267 e. The van der Waals surface area contributed by atoms with Gasteiger partial charge < -0.3 is 0 Å². The lowest BCUT2D eigenvalue weighted by Crippen LogP contribution is -2.35. The predicted molar refractivity (Wildman–Crippen MR) is 51.7 cm³/mol. The van der Waals surface area contributed by atoms with Crippen LogP contribution in [0.3, 0.4) is 0 Å². The van der Waals surface area contributed by atoms with Crippen LogP contribution < -0.4 is 11.2 Å². The lowest BCUT2D eigenvalue weighted by molar-refractivity contribution is 0.772. The Morgan fingerprint density at radius 2 is 2.00 bits per heavy atom. The summed E-state index contributed by atoms with van der Waals surface area (Å²) in [5, 5.41) is 0. The average molecular weight is 235 g/mol. The van der Waals surface area contributed by atoms with Crippen LogP contribution in [0.4, 0.5) is 0 Å². The summed E-state index contributed by atoms with van der Waals surface area (Å²) in [5.74, 6) is 0. The molecule has 2 rings (SSSR count). The molecule has 0 radical (unpaired) electrons. The molecule has 0 spiro atoms. The minimum Gasteiger partial charge on any atom is -0.267 e. The fourth-order valence-corrected chi connectivity index (χ4v) is 1.55. The van der Waals surface area contributed by atoms with Gasteiger partial charge in [-0.25, -0.2) is 13.9 Å². The van der Waals surface area contributed by atoms with Gasteiger partial charge in [-0.2, -0.15) is 4.09 Å². The molecule has 0 aliphatic rings. The third kappa shape index (κ3) is 1.01. The van der Waals surface area contributed by atoms with E-state index in [0.717, 1.165) is 12.7 Å². The zero-order chi connectivity index (χ0) is 10.5. The Morgan fingerprint density at radius 3 is 2.64 bits per heavy atom. The van der Waals surface area contributed by atoms with Gasteiger partial charge in [0.25, 0.3) is 5.56 Å². The van der Waals surface area contributed by atoms with Crippen molar-refractivity contribution in [2.24, 2.45) is 7.05 Å². The molecule has 0 atom stereocenters. The number of halogens is 2. The number of fused-ring (bicyclic) bond motifs is 1. The second-order valence-corrected chi connectivity index (χ2v) is 3.36. The molecule has 6 nitrogen and oxygen atoms in total. The summed E-state index contributed by atoms with van der Waals surface area (Å²) in [5.41, 5.74) is -1.06. The third-order valence-corrected chi connectivity index (χ3v) is 2.42. The number of rotatable bonds is 0. The first-order valence-electron chi connectivity index (χ1n) is 3.55. The van der Waals surface area contributed by atoms with E-state index in [4.69, 9.17) is 23.6 Å². The normalized spacial score (nSPS) is 11.1. The molecule has 14 heavy (non-hydrogen) atoms. The van der Waals surface area contributed by atoms with Crippen molar-refractivity contribution >= 4 is 34.7 Å². The summed E-state index contributed by atoms with van der Waals surface area (Å²) in [7, 11) is 1.31.